The van der Waals surface area contributed by atoms with Crippen molar-refractivity contribution in [2.24, 2.45) is 0 Å². The lowest BCUT2D eigenvalue weighted by molar-refractivity contribution is 0.734. The van der Waals surface area contributed by atoms with Gasteiger partial charge in [0.1, 0.15) is 0 Å². The number of para-hydroxylation sites is 1. The first-order chi connectivity index (χ1) is 41.1. The minimum atomic E-state index is -3.36. The molecule has 0 aliphatic heterocycles. The number of allylic oxidation sites excluding steroid dienone is 5. The third kappa shape index (κ3) is 8.12. The zero-order chi connectivity index (χ0) is 55.4. The fourth-order valence-corrected chi connectivity index (χ4v) is 19.7. The van der Waals surface area contributed by atoms with Crippen LogP contribution in [0.3, 0.4) is 0 Å². The van der Waals surface area contributed by atoms with Crippen LogP contribution in [0.2, 0.25) is 0 Å². The van der Waals surface area contributed by atoms with Crippen molar-refractivity contribution < 1.29 is 0 Å². The van der Waals surface area contributed by atoms with Gasteiger partial charge in [-0.2, -0.15) is 0 Å². The topological polar surface area (TPSA) is 4.93 Å². The van der Waals surface area contributed by atoms with E-state index in [2.05, 4.69) is 334 Å². The molecule has 2 atom stereocenters. The minimum absolute atomic E-state index is 0.0220. The highest BCUT2D eigenvalue weighted by atomic mass is 28.3. The number of hydrogen-bond acceptors (Lipinski definition) is 0. The van der Waals surface area contributed by atoms with Crippen LogP contribution < -0.4 is 15.6 Å². The number of rotatable bonds is 12. The molecule has 13 aromatic rings. The Labute approximate surface area is 487 Å². The maximum Gasteiger partial charge on any atom is 0.179 e. The van der Waals surface area contributed by atoms with Crippen LogP contribution in [-0.4, -0.2) is 12.6 Å². The van der Waals surface area contributed by atoms with Gasteiger partial charge in [0.15, 0.2) is 8.07 Å². The summed E-state index contributed by atoms with van der Waals surface area (Å²) < 4.78 is 2.59. The van der Waals surface area contributed by atoms with E-state index < -0.39 is 8.07 Å². The summed E-state index contributed by atoms with van der Waals surface area (Å²) in [6, 6.07) is 114. The Hall–Kier alpha value is -10.1. The van der Waals surface area contributed by atoms with E-state index in [4.69, 9.17) is 0 Å². The minimum Gasteiger partial charge on any atom is -0.309 e. The fourth-order valence-electron chi connectivity index (χ4n) is 14.5. The van der Waals surface area contributed by atoms with Crippen LogP contribution in [0.15, 0.2) is 338 Å². The molecule has 3 aliphatic carbocycles. The normalized spacial score (nSPS) is 14.6. The molecular weight excluding hydrogens is 1010 g/mol. The van der Waals surface area contributed by atoms with Gasteiger partial charge in [-0.25, -0.2) is 0 Å². The van der Waals surface area contributed by atoms with Gasteiger partial charge in [0.2, 0.25) is 0 Å². The van der Waals surface area contributed by atoms with Gasteiger partial charge in [-0.1, -0.05) is 297 Å². The molecule has 0 fully saturated rings. The van der Waals surface area contributed by atoms with Crippen LogP contribution in [0.5, 0.6) is 0 Å². The van der Waals surface area contributed by atoms with Crippen molar-refractivity contribution in [2.75, 3.05) is 0 Å². The lowest BCUT2D eigenvalue weighted by Gasteiger charge is -2.48. The zero-order valence-electron chi connectivity index (χ0n) is 46.3. The van der Waals surface area contributed by atoms with Crippen molar-refractivity contribution in [1.82, 2.24) is 4.57 Å². The third-order valence-corrected chi connectivity index (χ3v) is 22.7. The number of nitrogens with zero attached hydrogens (tertiary/aromatic N) is 1. The summed E-state index contributed by atoms with van der Waals surface area (Å²) in [5.41, 5.74) is 23.9. The Kier molecular flexibility index (Phi) is 12.5. The van der Waals surface area contributed by atoms with Crippen LogP contribution >= 0.6 is 0 Å². The monoisotopic (exact) mass is 1070 g/mol. The standard InChI is InChI=1S/C81H59NSi/c1-3-28-76(83(63-37-18-8-19-38-63,64-39-20-9-21-40-64)65-52-61(56-29-10-4-11-30-56)51-62(53-65)57-31-12-5-13-32-57)78-55(2)77-69-42-22-23-43-70(69)81(78)80-71(77)46-27-48-75(80)82-73-47-25-24-41-68(73)72-54-60(49-50-74(72)82)79-66(58-33-14-6-15-34-58)44-26-45-67(79)59-35-16-7-17-36-59/h3-54,77,81H,1H2,2H3/b76-28+. The van der Waals surface area contributed by atoms with Crippen molar-refractivity contribution in [3.8, 4) is 61.3 Å². The second kappa shape index (κ2) is 20.8. The Bertz CT molecular complexity index is 4510. The first-order valence-electron chi connectivity index (χ1n) is 29.0. The molecule has 0 N–H and O–H groups in total. The molecule has 1 heterocycles. The molecule has 392 valence electrons. The highest BCUT2D eigenvalue weighted by molar-refractivity contribution is 7.16. The molecule has 0 saturated heterocycles. The van der Waals surface area contributed by atoms with Crippen LogP contribution in [0.4, 0.5) is 0 Å². The SMILES string of the molecule is C=C/C=C(\C1=C(C)C2c3ccccc3C1c1c2cccc1-n1c2ccccc2c2cc(-c3c(-c4ccccc4)cccc3-c3ccccc3)ccc21)[Si](c1ccccc1)(c1ccccc1)c1cc(-c2ccccc2)cc(-c2ccccc2)c1. The van der Waals surface area contributed by atoms with Crippen LogP contribution in [0.25, 0.3) is 83.1 Å². The van der Waals surface area contributed by atoms with Gasteiger partial charge in [0.25, 0.3) is 0 Å². The summed E-state index contributed by atoms with van der Waals surface area (Å²) in [5.74, 6) is -0.0887. The third-order valence-electron chi connectivity index (χ3n) is 17.9. The average molecular weight is 1070 g/mol. The predicted molar refractivity (Wildman–Crippen MR) is 353 cm³/mol. The molecule has 2 unspecified atom stereocenters. The van der Waals surface area contributed by atoms with Crippen LogP contribution in [0.1, 0.15) is 41.0 Å². The van der Waals surface area contributed by atoms with Gasteiger partial charge in [0.05, 0.1) is 16.7 Å². The van der Waals surface area contributed by atoms with Crippen molar-refractivity contribution in [3.05, 3.63) is 361 Å². The molecular formula is C81H59NSi. The Balaban J connectivity index is 0.997. The zero-order valence-corrected chi connectivity index (χ0v) is 47.3. The number of fused-ring (bicyclic) bond motifs is 3. The first-order valence-corrected chi connectivity index (χ1v) is 31.0. The summed E-state index contributed by atoms with van der Waals surface area (Å²) in [7, 11) is -3.36. The molecule has 1 aromatic heterocycles. The van der Waals surface area contributed by atoms with Gasteiger partial charge >= 0.3 is 0 Å². The summed E-state index contributed by atoms with van der Waals surface area (Å²) in [4.78, 5) is 0. The molecule has 2 heteroatoms. The second-order valence-electron chi connectivity index (χ2n) is 22.2. The van der Waals surface area contributed by atoms with E-state index in [0.29, 0.717) is 0 Å². The molecule has 83 heavy (non-hydrogen) atoms. The number of aromatic nitrogens is 1. The first kappa shape index (κ1) is 49.9. The van der Waals surface area contributed by atoms with E-state index in [1.807, 2.05) is 0 Å². The number of hydrogen-bond donors (Lipinski definition) is 0. The van der Waals surface area contributed by atoms with E-state index in [0.717, 1.165) is 0 Å². The summed E-state index contributed by atoms with van der Waals surface area (Å²) in [6.07, 6.45) is 4.50. The average Bonchev–Trinajstić information content (AvgIpc) is 3.46. The summed E-state index contributed by atoms with van der Waals surface area (Å²) in [5, 5.41) is 7.80. The van der Waals surface area contributed by atoms with Gasteiger partial charge < -0.3 is 4.57 Å². The van der Waals surface area contributed by atoms with Gasteiger partial charge in [0, 0.05) is 22.6 Å². The smallest absolute Gasteiger partial charge is 0.179 e. The van der Waals surface area contributed by atoms with Crippen molar-refractivity contribution in [3.63, 3.8) is 0 Å². The maximum absolute atomic E-state index is 4.62. The lowest BCUT2D eigenvalue weighted by Crippen LogP contribution is -2.69. The predicted octanol–water partition coefficient (Wildman–Crippen LogP) is 18.8. The Morgan fingerprint density at radius 1 is 0.373 bits per heavy atom. The van der Waals surface area contributed by atoms with E-state index >= 15 is 0 Å². The highest BCUT2D eigenvalue weighted by Gasteiger charge is 2.51. The Morgan fingerprint density at radius 3 is 1.41 bits per heavy atom. The van der Waals surface area contributed by atoms with Crippen molar-refractivity contribution >= 4 is 45.4 Å². The fraction of sp³-hybridized carbons (Fsp3) is 0.0370. The molecule has 0 radical (unpaired) electrons. The molecule has 0 saturated carbocycles. The van der Waals surface area contributed by atoms with E-state index in [9.17, 15) is 0 Å². The van der Waals surface area contributed by atoms with Crippen LogP contribution in [-0.2, 0) is 0 Å². The van der Waals surface area contributed by atoms with E-state index in [1.54, 1.807) is 0 Å². The largest absolute Gasteiger partial charge is 0.309 e. The van der Waals surface area contributed by atoms with Crippen molar-refractivity contribution in [1.29, 1.82) is 0 Å². The molecule has 0 spiro atoms. The second-order valence-corrected chi connectivity index (χ2v) is 26.0. The van der Waals surface area contributed by atoms with Gasteiger partial charge in [-0.3, -0.25) is 0 Å². The molecule has 3 aliphatic rings. The molecule has 16 rings (SSSR count). The van der Waals surface area contributed by atoms with Crippen molar-refractivity contribution in [2.45, 2.75) is 18.8 Å². The van der Waals surface area contributed by atoms with E-state index in [-0.39, 0.29) is 11.8 Å². The van der Waals surface area contributed by atoms with Gasteiger partial charge in [-0.05, 0) is 141 Å². The van der Waals surface area contributed by atoms with Crippen LogP contribution in [0, 0.1) is 0 Å². The molecule has 1 nitrogen and oxygen atoms in total. The Morgan fingerprint density at radius 2 is 0.843 bits per heavy atom. The maximum atomic E-state index is 4.62. The number of benzene rings is 12. The van der Waals surface area contributed by atoms with Gasteiger partial charge in [-0.15, -0.1) is 0 Å². The molecule has 2 bridgehead atoms. The lowest BCUT2D eigenvalue weighted by atomic mass is 9.60. The molecule has 12 aromatic carbocycles. The van der Waals surface area contributed by atoms with E-state index in [1.165, 1.54) is 137 Å². The summed E-state index contributed by atoms with van der Waals surface area (Å²) >= 11 is 0. The summed E-state index contributed by atoms with van der Waals surface area (Å²) in [6.45, 7) is 7.06. The molecule has 0 amide bonds. The quantitative estimate of drug-likeness (QED) is 0.0653. The highest BCUT2D eigenvalue weighted by Crippen LogP contribution is 2.60.